The molecule has 7 heteroatoms. The molecule has 0 saturated carbocycles. The lowest BCUT2D eigenvalue weighted by Crippen LogP contribution is -2.08. The highest BCUT2D eigenvalue weighted by atomic mass is 19.4. The molecule has 0 unspecified atom stereocenters. The van der Waals surface area contributed by atoms with Gasteiger partial charge in [0.05, 0.1) is 18.1 Å². The summed E-state index contributed by atoms with van der Waals surface area (Å²) in [6.07, 6.45) is -3.04. The van der Waals surface area contributed by atoms with Crippen molar-refractivity contribution in [3.8, 4) is 11.3 Å². The maximum absolute atomic E-state index is 14.2. The minimum Gasteiger partial charge on any atom is -0.358 e. The second-order valence-corrected chi connectivity index (χ2v) is 5.58. The first-order chi connectivity index (χ1) is 11.8. The van der Waals surface area contributed by atoms with Gasteiger partial charge in [0.2, 0.25) is 0 Å². The maximum Gasteiger partial charge on any atom is 0.434 e. The fourth-order valence-electron chi connectivity index (χ4n) is 2.30. The molecule has 0 aliphatic heterocycles. The Morgan fingerprint density at radius 1 is 1.00 bits per heavy atom. The van der Waals surface area contributed by atoms with E-state index in [9.17, 15) is 17.6 Å². The van der Waals surface area contributed by atoms with Gasteiger partial charge in [0, 0.05) is 22.2 Å². The van der Waals surface area contributed by atoms with Gasteiger partial charge in [-0.25, -0.2) is 9.37 Å². The van der Waals surface area contributed by atoms with Crippen LogP contribution in [0.1, 0.15) is 45.0 Å². The van der Waals surface area contributed by atoms with Gasteiger partial charge in [0.25, 0.3) is 0 Å². The molecule has 25 heavy (non-hydrogen) atoms. The molecule has 0 aliphatic rings. The van der Waals surface area contributed by atoms with Crippen molar-refractivity contribution in [3.05, 3.63) is 47.8 Å². The normalized spacial score (nSPS) is 11.6. The summed E-state index contributed by atoms with van der Waals surface area (Å²) in [6, 6.07) is 4.73. The van der Waals surface area contributed by atoms with Crippen LogP contribution in [-0.2, 0) is 6.18 Å². The number of benzene rings is 1. The van der Waals surface area contributed by atoms with Crippen LogP contribution >= 0.6 is 0 Å². The minimum atomic E-state index is -4.57. The topological polar surface area (TPSA) is 41.6 Å². The Bertz CT molecular complexity index is 849. The van der Waals surface area contributed by atoms with Crippen molar-refractivity contribution in [1.29, 1.82) is 0 Å². The molecule has 0 fully saturated rings. The number of alkyl halides is 3. The Kier molecular flexibility index (Phi) is 5.45. The van der Waals surface area contributed by atoms with Crippen molar-refractivity contribution in [2.24, 2.45) is 0 Å². The van der Waals surface area contributed by atoms with E-state index in [1.807, 2.05) is 33.8 Å². The highest BCUT2D eigenvalue weighted by Crippen LogP contribution is 2.30. The van der Waals surface area contributed by atoms with Gasteiger partial charge in [-0.1, -0.05) is 27.7 Å². The molecule has 3 aromatic rings. The van der Waals surface area contributed by atoms with Gasteiger partial charge in [-0.3, -0.25) is 4.98 Å². The van der Waals surface area contributed by atoms with E-state index in [1.165, 1.54) is 12.1 Å². The van der Waals surface area contributed by atoms with Crippen LogP contribution in [0.3, 0.4) is 0 Å². The second-order valence-electron chi connectivity index (χ2n) is 5.58. The first-order valence-corrected chi connectivity index (χ1v) is 7.97. The van der Waals surface area contributed by atoms with Crippen LogP contribution in [0.2, 0.25) is 0 Å². The molecule has 0 spiro atoms. The second kappa shape index (κ2) is 7.21. The van der Waals surface area contributed by atoms with E-state index in [-0.39, 0.29) is 17.2 Å². The van der Waals surface area contributed by atoms with Crippen LogP contribution in [0.4, 0.5) is 17.6 Å². The lowest BCUT2D eigenvalue weighted by molar-refractivity contribution is -0.141. The van der Waals surface area contributed by atoms with E-state index in [0.29, 0.717) is 17.1 Å². The number of halogens is 4. The Hall–Kier alpha value is -2.44. The summed E-state index contributed by atoms with van der Waals surface area (Å²) in [4.78, 5) is 10.2. The molecule has 0 atom stereocenters. The molecule has 0 radical (unpaired) electrons. The highest BCUT2D eigenvalue weighted by Gasteiger charge is 2.32. The molecular formula is C18H19F4N3. The van der Waals surface area contributed by atoms with Crippen LogP contribution in [0, 0.1) is 5.82 Å². The average Bonchev–Trinajstić information content (AvgIpc) is 2.98. The molecule has 0 amide bonds. The number of rotatable bonds is 2. The highest BCUT2D eigenvalue weighted by molar-refractivity contribution is 5.85. The van der Waals surface area contributed by atoms with Crippen LogP contribution in [0.5, 0.6) is 0 Å². The number of aromatic amines is 1. The monoisotopic (exact) mass is 353 g/mol. The number of fused-ring (bicyclic) bond motifs is 1. The van der Waals surface area contributed by atoms with Crippen LogP contribution in [0.25, 0.3) is 22.2 Å². The predicted octanol–water partition coefficient (Wildman–Crippen LogP) is 5.93. The molecule has 0 saturated heterocycles. The summed E-state index contributed by atoms with van der Waals surface area (Å²) in [7, 11) is 0. The lowest BCUT2D eigenvalue weighted by atomic mass is 10.1. The first kappa shape index (κ1) is 18.9. The van der Waals surface area contributed by atoms with Crippen molar-refractivity contribution in [2.75, 3.05) is 0 Å². The van der Waals surface area contributed by atoms with Crippen LogP contribution < -0.4 is 0 Å². The fraction of sp³-hybridized carbons (Fsp3) is 0.333. The van der Waals surface area contributed by atoms with Gasteiger partial charge in [-0.05, 0) is 24.1 Å². The molecule has 2 heterocycles. The van der Waals surface area contributed by atoms with Crippen molar-refractivity contribution in [3.63, 3.8) is 0 Å². The van der Waals surface area contributed by atoms with Crippen molar-refractivity contribution in [1.82, 2.24) is 15.0 Å². The summed E-state index contributed by atoms with van der Waals surface area (Å²) in [5.74, 6) is -0.305. The van der Waals surface area contributed by atoms with E-state index < -0.39 is 17.7 Å². The van der Waals surface area contributed by atoms with E-state index in [4.69, 9.17) is 0 Å². The number of nitrogens with one attached hydrogen (secondary N) is 1. The van der Waals surface area contributed by atoms with Crippen molar-refractivity contribution < 1.29 is 17.6 Å². The smallest absolute Gasteiger partial charge is 0.358 e. The molecule has 1 aromatic carbocycles. The zero-order valence-electron chi connectivity index (χ0n) is 14.4. The zero-order chi connectivity index (χ0) is 18.8. The van der Waals surface area contributed by atoms with Gasteiger partial charge < -0.3 is 4.98 Å². The molecular weight excluding hydrogens is 334 g/mol. The predicted molar refractivity (Wildman–Crippen MR) is 89.7 cm³/mol. The van der Waals surface area contributed by atoms with Gasteiger partial charge in [-0.15, -0.1) is 0 Å². The van der Waals surface area contributed by atoms with E-state index >= 15 is 0 Å². The maximum atomic E-state index is 14.2. The lowest BCUT2D eigenvalue weighted by Gasteiger charge is -2.07. The minimum absolute atomic E-state index is 0.0538. The molecule has 3 rings (SSSR count). The summed E-state index contributed by atoms with van der Waals surface area (Å²) in [5.41, 5.74) is 0.709. The summed E-state index contributed by atoms with van der Waals surface area (Å²) in [5, 5.41) is 0.704. The average molecular weight is 353 g/mol. The number of hydrogen-bond donors (Lipinski definition) is 1. The standard InChI is InChI=1S/C16H13F4N3.C2H6/c1-8(2)12-4-9-3-11(17)10(5-13(9)23-12)14-6-22-15(7-21-14)16(18,19)20;1-2/h3-8,23H,1-2H3;1-2H3. The van der Waals surface area contributed by atoms with Gasteiger partial charge in [0.1, 0.15) is 5.82 Å². The Balaban J connectivity index is 0.00000109. The molecule has 134 valence electrons. The third kappa shape index (κ3) is 3.97. The van der Waals surface area contributed by atoms with Crippen molar-refractivity contribution >= 4 is 10.9 Å². The molecule has 0 bridgehead atoms. The largest absolute Gasteiger partial charge is 0.434 e. The number of H-pyrrole nitrogens is 1. The third-order valence-corrected chi connectivity index (χ3v) is 3.57. The van der Waals surface area contributed by atoms with E-state index in [0.717, 1.165) is 11.9 Å². The van der Waals surface area contributed by atoms with E-state index in [2.05, 4.69) is 15.0 Å². The third-order valence-electron chi connectivity index (χ3n) is 3.57. The number of aromatic nitrogens is 3. The van der Waals surface area contributed by atoms with E-state index in [1.54, 1.807) is 0 Å². The Labute approximate surface area is 143 Å². The Morgan fingerprint density at radius 2 is 1.68 bits per heavy atom. The van der Waals surface area contributed by atoms with Crippen LogP contribution in [0.15, 0.2) is 30.6 Å². The number of hydrogen-bond acceptors (Lipinski definition) is 2. The summed E-state index contributed by atoms with van der Waals surface area (Å²) >= 11 is 0. The quantitative estimate of drug-likeness (QED) is 0.580. The first-order valence-electron chi connectivity index (χ1n) is 7.97. The SMILES string of the molecule is CC.CC(C)c1cc2cc(F)c(-c3cnc(C(F)(F)F)cn3)cc2[nH]1. The molecule has 2 aromatic heterocycles. The van der Waals surface area contributed by atoms with Gasteiger partial charge >= 0.3 is 6.18 Å². The fourth-order valence-corrected chi connectivity index (χ4v) is 2.30. The summed E-state index contributed by atoms with van der Waals surface area (Å²) < 4.78 is 51.8. The number of nitrogens with zero attached hydrogens (tertiary/aromatic N) is 2. The van der Waals surface area contributed by atoms with Gasteiger partial charge in [0.15, 0.2) is 5.69 Å². The summed E-state index contributed by atoms with van der Waals surface area (Å²) in [6.45, 7) is 8.01. The van der Waals surface area contributed by atoms with Crippen LogP contribution in [-0.4, -0.2) is 15.0 Å². The zero-order valence-corrected chi connectivity index (χ0v) is 14.4. The molecule has 0 aliphatic carbocycles. The van der Waals surface area contributed by atoms with Gasteiger partial charge in [-0.2, -0.15) is 13.2 Å². The van der Waals surface area contributed by atoms with Crippen molar-refractivity contribution in [2.45, 2.75) is 39.8 Å². The molecule has 3 nitrogen and oxygen atoms in total. The molecule has 1 N–H and O–H groups in total. The Morgan fingerprint density at radius 3 is 2.20 bits per heavy atom.